The van der Waals surface area contributed by atoms with E-state index in [9.17, 15) is 4.79 Å². The monoisotopic (exact) mass is 406 g/mol. The quantitative estimate of drug-likeness (QED) is 0.607. The lowest BCUT2D eigenvalue weighted by atomic mass is 10.0. The Morgan fingerprint density at radius 2 is 1.56 bits per heavy atom. The molecule has 3 rings (SSSR count). The van der Waals surface area contributed by atoms with Crippen LogP contribution in [0.5, 0.6) is 0 Å². The van der Waals surface area contributed by atoms with Crippen LogP contribution in [0.25, 0.3) is 0 Å². The lowest BCUT2D eigenvalue weighted by Crippen LogP contribution is -2.50. The average Bonchev–Trinajstić information content (AvgIpc) is 2.69. The maximum absolute atomic E-state index is 12.6. The molecular formula is C22H28Cl2N2O. The Hall–Kier alpha value is -1.55. The molecule has 0 unspecified atom stereocenters. The molecule has 5 heteroatoms. The zero-order chi connectivity index (χ0) is 18.5. The van der Waals surface area contributed by atoms with Gasteiger partial charge in [0.1, 0.15) is 0 Å². The third-order valence-electron chi connectivity index (χ3n) is 5.39. The van der Waals surface area contributed by atoms with Crippen LogP contribution >= 0.6 is 24.0 Å². The van der Waals surface area contributed by atoms with Crippen molar-refractivity contribution in [2.75, 3.05) is 31.1 Å². The van der Waals surface area contributed by atoms with Crippen molar-refractivity contribution in [3.63, 3.8) is 0 Å². The molecule has 3 nitrogen and oxygen atoms in total. The van der Waals surface area contributed by atoms with Gasteiger partial charge in [-0.15, -0.1) is 12.4 Å². The Kier molecular flexibility index (Phi) is 8.15. The summed E-state index contributed by atoms with van der Waals surface area (Å²) in [7, 11) is 0. The molecule has 0 aliphatic carbocycles. The van der Waals surface area contributed by atoms with E-state index < -0.39 is 0 Å². The van der Waals surface area contributed by atoms with Crippen molar-refractivity contribution in [2.45, 2.75) is 32.7 Å². The first-order valence-corrected chi connectivity index (χ1v) is 9.90. The molecular weight excluding hydrogens is 379 g/mol. The zero-order valence-electron chi connectivity index (χ0n) is 16.0. The SMILES string of the molecule is CCC(CC)N1CCN(c2ccc(C(=O)c3ccccc3Cl)cc2)CC1.Cl. The molecule has 0 bridgehead atoms. The predicted octanol–water partition coefficient (Wildman–Crippen LogP) is 5.30. The van der Waals surface area contributed by atoms with Gasteiger partial charge in [0, 0.05) is 49.0 Å². The van der Waals surface area contributed by atoms with Crippen LogP contribution < -0.4 is 4.90 Å². The number of carbonyl (C=O) groups is 1. The number of hydrogen-bond donors (Lipinski definition) is 0. The van der Waals surface area contributed by atoms with Gasteiger partial charge in [0.25, 0.3) is 0 Å². The molecule has 1 heterocycles. The molecule has 0 aromatic heterocycles. The molecule has 2 aromatic carbocycles. The molecule has 1 aliphatic heterocycles. The maximum atomic E-state index is 12.6. The zero-order valence-corrected chi connectivity index (χ0v) is 17.6. The topological polar surface area (TPSA) is 23.6 Å². The summed E-state index contributed by atoms with van der Waals surface area (Å²) in [5.74, 6) is -0.0271. The summed E-state index contributed by atoms with van der Waals surface area (Å²) in [6, 6.07) is 15.8. The van der Waals surface area contributed by atoms with E-state index >= 15 is 0 Å². The third kappa shape index (κ3) is 5.04. The third-order valence-corrected chi connectivity index (χ3v) is 5.72. The van der Waals surface area contributed by atoms with Crippen molar-refractivity contribution in [2.24, 2.45) is 0 Å². The van der Waals surface area contributed by atoms with E-state index in [-0.39, 0.29) is 18.2 Å². The average molecular weight is 407 g/mol. The summed E-state index contributed by atoms with van der Waals surface area (Å²) in [4.78, 5) is 17.6. The van der Waals surface area contributed by atoms with Crippen LogP contribution in [0.15, 0.2) is 48.5 Å². The molecule has 0 amide bonds. The van der Waals surface area contributed by atoms with Gasteiger partial charge in [-0.3, -0.25) is 9.69 Å². The summed E-state index contributed by atoms with van der Waals surface area (Å²) >= 11 is 6.15. The normalized spacial score (nSPS) is 14.9. The number of ketones is 1. The second-order valence-corrected chi connectivity index (χ2v) is 7.26. The molecule has 2 aromatic rings. The number of anilines is 1. The first kappa shape index (κ1) is 21.7. The Balaban J connectivity index is 0.00000261. The summed E-state index contributed by atoms with van der Waals surface area (Å²) < 4.78 is 0. The Labute approximate surface area is 173 Å². The van der Waals surface area contributed by atoms with Crippen molar-refractivity contribution >= 4 is 35.5 Å². The lowest BCUT2D eigenvalue weighted by molar-refractivity contribution is 0.103. The van der Waals surface area contributed by atoms with E-state index in [0.29, 0.717) is 22.2 Å². The van der Waals surface area contributed by atoms with Gasteiger partial charge in [-0.05, 0) is 49.2 Å². The van der Waals surface area contributed by atoms with Crippen molar-refractivity contribution in [3.05, 3.63) is 64.7 Å². The smallest absolute Gasteiger partial charge is 0.194 e. The summed E-state index contributed by atoms with van der Waals surface area (Å²) in [6.07, 6.45) is 2.44. The van der Waals surface area contributed by atoms with Gasteiger partial charge < -0.3 is 4.90 Å². The largest absolute Gasteiger partial charge is 0.369 e. The highest BCUT2D eigenvalue weighted by Gasteiger charge is 2.22. The highest BCUT2D eigenvalue weighted by Crippen LogP contribution is 2.23. The predicted molar refractivity (Wildman–Crippen MR) is 117 cm³/mol. The molecule has 1 saturated heterocycles. The maximum Gasteiger partial charge on any atom is 0.194 e. The Morgan fingerprint density at radius 3 is 2.11 bits per heavy atom. The fourth-order valence-electron chi connectivity index (χ4n) is 3.77. The highest BCUT2D eigenvalue weighted by molar-refractivity contribution is 6.34. The van der Waals surface area contributed by atoms with Gasteiger partial charge in [-0.25, -0.2) is 0 Å². The van der Waals surface area contributed by atoms with Crippen LogP contribution in [0.3, 0.4) is 0 Å². The van der Waals surface area contributed by atoms with E-state index in [4.69, 9.17) is 11.6 Å². The van der Waals surface area contributed by atoms with Crippen LogP contribution in [0.4, 0.5) is 5.69 Å². The number of rotatable bonds is 6. The van der Waals surface area contributed by atoms with Gasteiger partial charge in [0.05, 0.1) is 5.02 Å². The second kappa shape index (κ2) is 10.1. The van der Waals surface area contributed by atoms with E-state index in [1.807, 2.05) is 24.3 Å². The van der Waals surface area contributed by atoms with Crippen molar-refractivity contribution in [1.29, 1.82) is 0 Å². The van der Waals surface area contributed by atoms with Gasteiger partial charge in [-0.2, -0.15) is 0 Å². The number of carbonyl (C=O) groups excluding carboxylic acids is 1. The van der Waals surface area contributed by atoms with Crippen LogP contribution in [0, 0.1) is 0 Å². The summed E-state index contributed by atoms with van der Waals surface area (Å²) in [5, 5.41) is 0.499. The Morgan fingerprint density at radius 1 is 0.963 bits per heavy atom. The van der Waals surface area contributed by atoms with Crippen LogP contribution in [0.1, 0.15) is 42.6 Å². The Bertz CT molecular complexity index is 736. The fraction of sp³-hybridized carbons (Fsp3) is 0.409. The number of piperazine rings is 1. The lowest BCUT2D eigenvalue weighted by Gasteiger charge is -2.39. The molecule has 27 heavy (non-hydrogen) atoms. The molecule has 0 radical (unpaired) electrons. The first-order chi connectivity index (χ1) is 12.6. The van der Waals surface area contributed by atoms with E-state index in [0.717, 1.165) is 26.2 Å². The van der Waals surface area contributed by atoms with Gasteiger partial charge in [0.15, 0.2) is 5.78 Å². The van der Waals surface area contributed by atoms with E-state index in [2.05, 4.69) is 35.8 Å². The molecule has 0 spiro atoms. The molecule has 0 saturated carbocycles. The minimum Gasteiger partial charge on any atom is -0.369 e. The molecule has 0 atom stereocenters. The van der Waals surface area contributed by atoms with E-state index in [1.54, 1.807) is 12.1 Å². The summed E-state index contributed by atoms with van der Waals surface area (Å²) in [5.41, 5.74) is 2.42. The van der Waals surface area contributed by atoms with E-state index in [1.165, 1.54) is 18.5 Å². The molecule has 1 aliphatic rings. The molecule has 0 N–H and O–H groups in total. The minimum atomic E-state index is -0.0271. The van der Waals surface area contributed by atoms with Crippen molar-refractivity contribution < 1.29 is 4.79 Å². The van der Waals surface area contributed by atoms with Crippen LogP contribution in [-0.2, 0) is 0 Å². The number of benzene rings is 2. The van der Waals surface area contributed by atoms with Crippen LogP contribution in [-0.4, -0.2) is 42.9 Å². The number of halogens is 2. The minimum absolute atomic E-state index is 0. The van der Waals surface area contributed by atoms with Gasteiger partial charge in [0.2, 0.25) is 0 Å². The fourth-order valence-corrected chi connectivity index (χ4v) is 4.00. The standard InChI is InChI=1S/C22H27ClN2O.ClH/c1-3-18(4-2)24-13-15-25(16-14-24)19-11-9-17(10-12-19)22(26)20-7-5-6-8-21(20)23;/h5-12,18H,3-4,13-16H2,1-2H3;1H. The number of hydrogen-bond acceptors (Lipinski definition) is 3. The van der Waals surface area contributed by atoms with Crippen LogP contribution in [0.2, 0.25) is 5.02 Å². The highest BCUT2D eigenvalue weighted by atomic mass is 35.5. The van der Waals surface area contributed by atoms with Gasteiger partial charge >= 0.3 is 0 Å². The summed E-state index contributed by atoms with van der Waals surface area (Å²) in [6.45, 7) is 8.83. The van der Waals surface area contributed by atoms with Crippen molar-refractivity contribution in [3.8, 4) is 0 Å². The molecule has 146 valence electrons. The first-order valence-electron chi connectivity index (χ1n) is 9.52. The van der Waals surface area contributed by atoms with Crippen molar-refractivity contribution in [1.82, 2.24) is 4.90 Å². The second-order valence-electron chi connectivity index (χ2n) is 6.85. The number of nitrogens with zero attached hydrogens (tertiary/aromatic N) is 2. The molecule has 1 fully saturated rings. The van der Waals surface area contributed by atoms with Gasteiger partial charge in [-0.1, -0.05) is 37.6 Å².